The number of aliphatic imine (C=N–C) groups is 1. The van der Waals surface area contributed by atoms with E-state index in [0.29, 0.717) is 12.5 Å². The normalized spacial score (nSPS) is 16.2. The molecule has 28 heavy (non-hydrogen) atoms. The lowest BCUT2D eigenvalue weighted by atomic mass is 10.0. The molecule has 0 aliphatic carbocycles. The van der Waals surface area contributed by atoms with Gasteiger partial charge in [-0.2, -0.15) is 0 Å². The maximum atomic E-state index is 11.1. The molecule has 1 unspecified atom stereocenters. The number of guanidine groups is 1. The maximum Gasteiger partial charge on any atom is 0.305 e. The summed E-state index contributed by atoms with van der Waals surface area (Å²) >= 11 is 0. The molecule has 1 aliphatic rings. The molecule has 158 valence electrons. The molecule has 0 saturated carbocycles. The second kappa shape index (κ2) is 13.8. The fourth-order valence-corrected chi connectivity index (χ4v) is 3.65. The van der Waals surface area contributed by atoms with Crippen LogP contribution in [0.4, 0.5) is 0 Å². The first kappa shape index (κ1) is 24.7. The Bertz CT molecular complexity index is 589. The van der Waals surface area contributed by atoms with E-state index in [1.807, 2.05) is 7.05 Å². The van der Waals surface area contributed by atoms with E-state index in [-0.39, 0.29) is 29.9 Å². The number of piperazine rings is 1. The number of nitrogens with one attached hydrogen (secondary N) is 1. The van der Waals surface area contributed by atoms with Crippen LogP contribution in [0.3, 0.4) is 0 Å². The molecule has 0 aromatic heterocycles. The highest BCUT2D eigenvalue weighted by Crippen LogP contribution is 2.25. The number of hydrogen-bond acceptors (Lipinski definition) is 4. The smallest absolute Gasteiger partial charge is 0.305 e. The summed E-state index contributed by atoms with van der Waals surface area (Å²) in [5.74, 6) is 0.819. The first-order valence-corrected chi connectivity index (χ1v) is 10.0. The van der Waals surface area contributed by atoms with Gasteiger partial charge in [-0.25, -0.2) is 0 Å². The number of esters is 1. The molecule has 1 atom stereocenters. The van der Waals surface area contributed by atoms with Gasteiger partial charge in [-0.05, 0) is 24.8 Å². The lowest BCUT2D eigenvalue weighted by Crippen LogP contribution is -2.53. The second-order valence-corrected chi connectivity index (χ2v) is 6.86. The highest BCUT2D eigenvalue weighted by molar-refractivity contribution is 14.0. The SMILES string of the molecule is CCC(c1ccccc1)N1CCN(C(=NC)NCCCCC(=O)OC)CC1.I. The van der Waals surface area contributed by atoms with Gasteiger partial charge in [0.05, 0.1) is 7.11 Å². The van der Waals surface area contributed by atoms with Crippen molar-refractivity contribution in [3.63, 3.8) is 0 Å². The van der Waals surface area contributed by atoms with Crippen molar-refractivity contribution in [1.82, 2.24) is 15.1 Å². The fourth-order valence-electron chi connectivity index (χ4n) is 3.65. The zero-order valence-corrected chi connectivity index (χ0v) is 19.7. The molecule has 2 rings (SSSR count). The highest BCUT2D eigenvalue weighted by atomic mass is 127. The molecule has 0 spiro atoms. The molecule has 1 heterocycles. The van der Waals surface area contributed by atoms with Crippen LogP contribution in [-0.4, -0.2) is 68.6 Å². The average Bonchev–Trinajstić information content (AvgIpc) is 2.72. The summed E-state index contributed by atoms with van der Waals surface area (Å²) in [5.41, 5.74) is 1.40. The summed E-state index contributed by atoms with van der Waals surface area (Å²) in [6.45, 7) is 7.12. The van der Waals surface area contributed by atoms with Gasteiger partial charge in [0.25, 0.3) is 0 Å². The van der Waals surface area contributed by atoms with Crippen molar-refractivity contribution < 1.29 is 9.53 Å². The average molecular weight is 502 g/mol. The first-order chi connectivity index (χ1) is 13.2. The number of ether oxygens (including phenoxy) is 1. The predicted octanol–water partition coefficient (Wildman–Crippen LogP) is 3.29. The Labute approximate surface area is 186 Å². The quantitative estimate of drug-likeness (QED) is 0.195. The van der Waals surface area contributed by atoms with Gasteiger partial charge in [-0.3, -0.25) is 14.7 Å². The minimum Gasteiger partial charge on any atom is -0.469 e. The van der Waals surface area contributed by atoms with Crippen LogP contribution < -0.4 is 5.32 Å². The summed E-state index contributed by atoms with van der Waals surface area (Å²) < 4.78 is 4.67. The number of unbranched alkanes of at least 4 members (excludes halogenated alkanes) is 1. The summed E-state index contributed by atoms with van der Waals surface area (Å²) in [5, 5.41) is 3.43. The summed E-state index contributed by atoms with van der Waals surface area (Å²) in [6, 6.07) is 11.3. The predicted molar refractivity (Wildman–Crippen MR) is 125 cm³/mol. The molecule has 0 bridgehead atoms. The Morgan fingerprint density at radius 1 is 1.18 bits per heavy atom. The minimum atomic E-state index is -0.139. The van der Waals surface area contributed by atoms with Crippen molar-refractivity contribution in [2.24, 2.45) is 4.99 Å². The topological polar surface area (TPSA) is 57.2 Å². The standard InChI is InChI=1S/C21H34N4O2.HI/c1-4-19(18-10-6-5-7-11-18)24-14-16-25(17-15-24)21(22-2)23-13-9-8-12-20(26)27-3;/h5-7,10-11,19H,4,8-9,12-17H2,1-3H3,(H,22,23);1H. The molecular formula is C21H35IN4O2. The van der Waals surface area contributed by atoms with Gasteiger partial charge in [0.2, 0.25) is 0 Å². The number of carbonyl (C=O) groups excluding carboxylic acids is 1. The van der Waals surface area contributed by atoms with Gasteiger partial charge in [-0.15, -0.1) is 24.0 Å². The van der Waals surface area contributed by atoms with Crippen molar-refractivity contribution >= 4 is 35.9 Å². The van der Waals surface area contributed by atoms with Gasteiger partial charge < -0.3 is 15.0 Å². The number of methoxy groups -OCH3 is 1. The van der Waals surface area contributed by atoms with Gasteiger partial charge in [0, 0.05) is 52.2 Å². The third kappa shape index (κ3) is 7.58. The fraction of sp³-hybridized carbons (Fsp3) is 0.619. The highest BCUT2D eigenvalue weighted by Gasteiger charge is 2.25. The number of hydrogen-bond donors (Lipinski definition) is 1. The molecule has 1 N–H and O–H groups in total. The Kier molecular flexibility index (Phi) is 12.1. The Morgan fingerprint density at radius 3 is 2.43 bits per heavy atom. The monoisotopic (exact) mass is 502 g/mol. The minimum absolute atomic E-state index is 0. The lowest BCUT2D eigenvalue weighted by Gasteiger charge is -2.40. The summed E-state index contributed by atoms with van der Waals surface area (Å²) in [4.78, 5) is 20.5. The molecule has 1 aromatic rings. The Balaban J connectivity index is 0.00000392. The van der Waals surface area contributed by atoms with Gasteiger partial charge >= 0.3 is 5.97 Å². The largest absolute Gasteiger partial charge is 0.469 e. The number of halogens is 1. The molecule has 0 radical (unpaired) electrons. The van der Waals surface area contributed by atoms with Crippen molar-refractivity contribution in [2.45, 2.75) is 38.6 Å². The van der Waals surface area contributed by atoms with Crippen LogP contribution in [0.2, 0.25) is 0 Å². The Hall–Kier alpha value is -1.35. The molecule has 7 heteroatoms. The molecule has 0 amide bonds. The number of rotatable bonds is 8. The van der Waals surface area contributed by atoms with Crippen LogP contribution in [0.15, 0.2) is 35.3 Å². The van der Waals surface area contributed by atoms with Crippen LogP contribution in [0.25, 0.3) is 0 Å². The van der Waals surface area contributed by atoms with E-state index in [0.717, 1.165) is 57.9 Å². The number of benzene rings is 1. The van der Waals surface area contributed by atoms with Crippen molar-refractivity contribution in [1.29, 1.82) is 0 Å². The zero-order chi connectivity index (χ0) is 19.5. The first-order valence-electron chi connectivity index (χ1n) is 10.0. The molecule has 1 aromatic carbocycles. The summed E-state index contributed by atoms with van der Waals surface area (Å²) in [6.07, 6.45) is 3.37. The van der Waals surface area contributed by atoms with Crippen molar-refractivity contribution in [3.8, 4) is 0 Å². The molecular weight excluding hydrogens is 467 g/mol. The van der Waals surface area contributed by atoms with E-state index in [9.17, 15) is 4.79 Å². The van der Waals surface area contributed by atoms with E-state index in [1.54, 1.807) is 0 Å². The van der Waals surface area contributed by atoms with Crippen LogP contribution in [0, 0.1) is 0 Å². The van der Waals surface area contributed by atoms with Crippen molar-refractivity contribution in [2.75, 3.05) is 46.9 Å². The lowest BCUT2D eigenvalue weighted by molar-refractivity contribution is -0.140. The molecule has 1 saturated heterocycles. The third-order valence-electron chi connectivity index (χ3n) is 5.16. The van der Waals surface area contributed by atoms with Gasteiger partial charge in [-0.1, -0.05) is 37.3 Å². The van der Waals surface area contributed by atoms with E-state index in [1.165, 1.54) is 12.7 Å². The second-order valence-electron chi connectivity index (χ2n) is 6.86. The number of carbonyl (C=O) groups is 1. The van der Waals surface area contributed by atoms with Gasteiger partial charge in [0.15, 0.2) is 5.96 Å². The van der Waals surface area contributed by atoms with Crippen LogP contribution in [0.1, 0.15) is 44.2 Å². The summed E-state index contributed by atoms with van der Waals surface area (Å²) in [7, 11) is 3.27. The van der Waals surface area contributed by atoms with Gasteiger partial charge in [0.1, 0.15) is 0 Å². The molecule has 1 aliphatic heterocycles. The Morgan fingerprint density at radius 2 is 1.86 bits per heavy atom. The van der Waals surface area contributed by atoms with E-state index >= 15 is 0 Å². The van der Waals surface area contributed by atoms with Crippen molar-refractivity contribution in [3.05, 3.63) is 35.9 Å². The van der Waals surface area contributed by atoms with Crippen LogP contribution in [-0.2, 0) is 9.53 Å². The van der Waals surface area contributed by atoms with E-state index in [4.69, 9.17) is 0 Å². The number of nitrogens with zero attached hydrogens (tertiary/aromatic N) is 3. The van der Waals surface area contributed by atoms with Crippen LogP contribution >= 0.6 is 24.0 Å². The van der Waals surface area contributed by atoms with E-state index in [2.05, 4.69) is 62.1 Å². The van der Waals surface area contributed by atoms with Crippen LogP contribution in [0.5, 0.6) is 0 Å². The molecule has 1 fully saturated rings. The zero-order valence-electron chi connectivity index (χ0n) is 17.4. The maximum absolute atomic E-state index is 11.1. The molecule has 6 nitrogen and oxygen atoms in total. The third-order valence-corrected chi connectivity index (χ3v) is 5.16. The van der Waals surface area contributed by atoms with E-state index < -0.39 is 0 Å².